The molecule has 0 aliphatic carbocycles. The van der Waals surface area contributed by atoms with Crippen molar-refractivity contribution in [1.29, 1.82) is 0 Å². The fourth-order valence-corrected chi connectivity index (χ4v) is 7.45. The number of ether oxygens (including phenoxy) is 3. The molecule has 0 radical (unpaired) electrons. The number of nitrogens with zero attached hydrogens (tertiary/aromatic N) is 5. The zero-order chi connectivity index (χ0) is 30.0. The minimum absolute atomic E-state index is 0.00827. The number of aromatic hydroxyl groups is 1. The highest BCUT2D eigenvalue weighted by Crippen LogP contribution is 2.44. The van der Waals surface area contributed by atoms with Crippen LogP contribution in [-0.2, 0) is 4.74 Å². The Hall–Kier alpha value is -4.27. The predicted molar refractivity (Wildman–Crippen MR) is 160 cm³/mol. The van der Waals surface area contributed by atoms with E-state index < -0.39 is 17.5 Å². The van der Waals surface area contributed by atoms with E-state index in [9.17, 15) is 9.50 Å². The van der Waals surface area contributed by atoms with Gasteiger partial charge in [0.1, 0.15) is 47.5 Å². The van der Waals surface area contributed by atoms with E-state index in [1.54, 1.807) is 24.3 Å². The molecule has 6 heterocycles. The van der Waals surface area contributed by atoms with Gasteiger partial charge in [0, 0.05) is 42.6 Å². The Kier molecular flexibility index (Phi) is 6.46. The van der Waals surface area contributed by atoms with Crippen LogP contribution >= 0.6 is 0 Å². The van der Waals surface area contributed by atoms with Gasteiger partial charge in [0.2, 0.25) is 5.88 Å². The van der Waals surface area contributed by atoms with Gasteiger partial charge in [-0.2, -0.15) is 9.97 Å². The van der Waals surface area contributed by atoms with Crippen LogP contribution in [0, 0.1) is 18.2 Å². The van der Waals surface area contributed by atoms with Crippen molar-refractivity contribution in [1.82, 2.24) is 19.9 Å². The second-order valence-corrected chi connectivity index (χ2v) is 12.1. The molecular formula is C33H31F2N5O4. The molecule has 2 aromatic carbocycles. The number of aromatic nitrogens is 3. The number of pyridine rings is 1. The molecule has 0 spiro atoms. The van der Waals surface area contributed by atoms with Crippen molar-refractivity contribution in [2.75, 3.05) is 51.0 Å². The van der Waals surface area contributed by atoms with E-state index in [0.29, 0.717) is 65.8 Å². The molecule has 226 valence electrons. The van der Waals surface area contributed by atoms with Crippen LogP contribution in [0.5, 0.6) is 17.6 Å². The van der Waals surface area contributed by atoms with E-state index in [0.717, 1.165) is 25.8 Å². The molecular weight excluding hydrogens is 568 g/mol. The summed E-state index contributed by atoms with van der Waals surface area (Å²) in [6.45, 7) is 3.28. The SMILES string of the molecule is C#Cc1cccc2cc(O)cc(-c3nc4c5c(nc(OC[C@@]67CCCN6C[C@H](F)C7)nc5c3F)N3CCCOC[C@H]3CO4)c12. The monoisotopic (exact) mass is 599 g/mol. The minimum atomic E-state index is -0.908. The Bertz CT molecular complexity index is 1850. The molecule has 8 rings (SSSR count). The summed E-state index contributed by atoms with van der Waals surface area (Å²) in [4.78, 5) is 18.3. The largest absolute Gasteiger partial charge is 0.508 e. The lowest BCUT2D eigenvalue weighted by atomic mass is 9.95. The van der Waals surface area contributed by atoms with Gasteiger partial charge in [0.25, 0.3) is 0 Å². The third-order valence-corrected chi connectivity index (χ3v) is 9.44. The Morgan fingerprint density at radius 2 is 2.05 bits per heavy atom. The van der Waals surface area contributed by atoms with Crippen molar-refractivity contribution in [2.24, 2.45) is 0 Å². The molecule has 0 saturated carbocycles. The first-order chi connectivity index (χ1) is 21.4. The van der Waals surface area contributed by atoms with Crippen LogP contribution in [0.3, 0.4) is 0 Å². The van der Waals surface area contributed by atoms with E-state index in [2.05, 4.69) is 25.7 Å². The van der Waals surface area contributed by atoms with Crippen LogP contribution in [0.4, 0.5) is 14.6 Å². The Balaban J connectivity index is 1.32. The van der Waals surface area contributed by atoms with E-state index in [1.165, 1.54) is 6.07 Å². The predicted octanol–water partition coefficient (Wildman–Crippen LogP) is 4.61. The topological polar surface area (TPSA) is 93.1 Å². The molecule has 1 N–H and O–H groups in total. The van der Waals surface area contributed by atoms with E-state index >= 15 is 4.39 Å². The minimum Gasteiger partial charge on any atom is -0.508 e. The van der Waals surface area contributed by atoms with Crippen LogP contribution < -0.4 is 14.4 Å². The third kappa shape index (κ3) is 4.31. The van der Waals surface area contributed by atoms with Crippen LogP contribution in [0.15, 0.2) is 30.3 Å². The number of halogens is 2. The number of fused-ring (bicyclic) bond motifs is 4. The fourth-order valence-electron chi connectivity index (χ4n) is 7.45. The summed E-state index contributed by atoms with van der Waals surface area (Å²) in [7, 11) is 0. The van der Waals surface area contributed by atoms with Crippen LogP contribution in [0.1, 0.15) is 31.2 Å². The van der Waals surface area contributed by atoms with E-state index in [1.807, 2.05) is 0 Å². The van der Waals surface area contributed by atoms with Crippen LogP contribution in [-0.4, -0.2) is 88.8 Å². The van der Waals surface area contributed by atoms with Crippen molar-refractivity contribution in [3.63, 3.8) is 0 Å². The average Bonchev–Trinajstić information content (AvgIpc) is 3.37. The second-order valence-electron chi connectivity index (χ2n) is 12.1. The second kappa shape index (κ2) is 10.4. The van der Waals surface area contributed by atoms with Gasteiger partial charge in [-0.05, 0) is 49.4 Å². The number of hydrogen-bond acceptors (Lipinski definition) is 9. The molecule has 44 heavy (non-hydrogen) atoms. The average molecular weight is 600 g/mol. The molecule has 3 atom stereocenters. The maximum Gasteiger partial charge on any atom is 0.319 e. The van der Waals surface area contributed by atoms with Crippen LogP contribution in [0.2, 0.25) is 0 Å². The number of rotatable bonds is 4. The molecule has 0 unspecified atom stereocenters. The molecule has 11 heteroatoms. The molecule has 4 aliphatic rings. The summed E-state index contributed by atoms with van der Waals surface area (Å²) in [5, 5.41) is 12.2. The smallest absolute Gasteiger partial charge is 0.319 e. The highest BCUT2D eigenvalue weighted by Gasteiger charge is 2.49. The van der Waals surface area contributed by atoms with Crippen molar-refractivity contribution < 1.29 is 28.1 Å². The molecule has 0 amide bonds. The Labute approximate surface area is 252 Å². The van der Waals surface area contributed by atoms with Gasteiger partial charge < -0.3 is 24.2 Å². The van der Waals surface area contributed by atoms with Gasteiger partial charge in [-0.15, -0.1) is 6.42 Å². The first-order valence-electron chi connectivity index (χ1n) is 15.1. The fraction of sp³-hybridized carbons (Fsp3) is 0.424. The highest BCUT2D eigenvalue weighted by molar-refractivity contribution is 6.04. The third-order valence-electron chi connectivity index (χ3n) is 9.44. The highest BCUT2D eigenvalue weighted by atomic mass is 19.1. The molecule has 3 fully saturated rings. The lowest BCUT2D eigenvalue weighted by molar-refractivity contribution is 0.107. The zero-order valence-electron chi connectivity index (χ0n) is 24.1. The summed E-state index contributed by atoms with van der Waals surface area (Å²) >= 11 is 0. The summed E-state index contributed by atoms with van der Waals surface area (Å²) in [6.07, 6.45) is 7.86. The standard InChI is InChI=1S/C33H31F2N5O4/c1-2-19-6-3-7-20-12-23(41)13-24(25(19)20)28-27(35)29-26-30(40-10-5-11-42-16-22(40)17-43-31(26)36-28)38-32(37-29)44-18-33-8-4-9-39(33)15-21(34)14-33/h1,3,6-7,12-13,21-22,41H,4-5,8-11,14-18H2/t21-,22+,33+/m1/s1. The lowest BCUT2D eigenvalue weighted by Crippen LogP contribution is -2.43. The Morgan fingerprint density at radius 3 is 2.93 bits per heavy atom. The number of hydrogen-bond donors (Lipinski definition) is 1. The van der Waals surface area contributed by atoms with E-state index in [4.69, 9.17) is 25.6 Å². The van der Waals surface area contributed by atoms with Gasteiger partial charge >= 0.3 is 6.01 Å². The van der Waals surface area contributed by atoms with Crippen molar-refractivity contribution in [3.8, 4) is 41.2 Å². The number of benzene rings is 2. The maximum atomic E-state index is 16.9. The number of anilines is 1. The number of terminal acetylenes is 1. The Morgan fingerprint density at radius 1 is 1.14 bits per heavy atom. The first-order valence-corrected chi connectivity index (χ1v) is 15.1. The number of phenolic OH excluding ortho intramolecular Hbond substituents is 1. The van der Waals surface area contributed by atoms with Crippen molar-refractivity contribution >= 4 is 27.5 Å². The van der Waals surface area contributed by atoms with Gasteiger partial charge in [-0.1, -0.05) is 18.1 Å². The van der Waals surface area contributed by atoms with Gasteiger partial charge in [-0.25, -0.2) is 13.8 Å². The number of alkyl halides is 1. The molecule has 2 aromatic heterocycles. The normalized spacial score (nSPS) is 24.8. The van der Waals surface area contributed by atoms with Gasteiger partial charge in [-0.3, -0.25) is 4.90 Å². The first kappa shape index (κ1) is 27.3. The van der Waals surface area contributed by atoms with Crippen molar-refractivity contribution in [2.45, 2.75) is 43.4 Å². The molecule has 3 saturated heterocycles. The van der Waals surface area contributed by atoms with Gasteiger partial charge in [0.15, 0.2) is 5.82 Å². The molecule has 9 nitrogen and oxygen atoms in total. The van der Waals surface area contributed by atoms with Gasteiger partial charge in [0.05, 0.1) is 18.2 Å². The summed E-state index contributed by atoms with van der Waals surface area (Å²) in [5.41, 5.74) is 0.356. The van der Waals surface area contributed by atoms with E-state index in [-0.39, 0.29) is 48.1 Å². The maximum absolute atomic E-state index is 16.9. The molecule has 4 aromatic rings. The summed E-state index contributed by atoms with van der Waals surface area (Å²) in [5.74, 6) is 2.54. The summed E-state index contributed by atoms with van der Waals surface area (Å²) < 4.78 is 49.7. The quantitative estimate of drug-likeness (QED) is 0.338. The summed E-state index contributed by atoms with van der Waals surface area (Å²) in [6, 6.07) is 8.19. The molecule has 0 bridgehead atoms. The number of phenols is 1. The molecule has 4 aliphatic heterocycles. The lowest BCUT2D eigenvalue weighted by Gasteiger charge is -2.31. The zero-order valence-corrected chi connectivity index (χ0v) is 24.1. The van der Waals surface area contributed by atoms with Crippen molar-refractivity contribution in [3.05, 3.63) is 41.7 Å². The van der Waals surface area contributed by atoms with Crippen LogP contribution in [0.25, 0.3) is 32.9 Å².